The molecule has 1 N–H and O–H groups in total. The van der Waals surface area contributed by atoms with Crippen molar-refractivity contribution in [3.8, 4) is 0 Å². The van der Waals surface area contributed by atoms with E-state index in [2.05, 4.69) is 22.2 Å². The summed E-state index contributed by atoms with van der Waals surface area (Å²) in [7, 11) is 0. The molecular formula is C18H22N4O. The summed E-state index contributed by atoms with van der Waals surface area (Å²) in [5.74, 6) is 1.36. The van der Waals surface area contributed by atoms with Crippen molar-refractivity contribution in [1.82, 2.24) is 14.9 Å². The van der Waals surface area contributed by atoms with Crippen molar-refractivity contribution in [2.75, 3.05) is 18.4 Å². The van der Waals surface area contributed by atoms with Crippen LogP contribution in [0.3, 0.4) is 0 Å². The number of pyridine rings is 2. The predicted octanol–water partition coefficient (Wildman–Crippen LogP) is 3.40. The van der Waals surface area contributed by atoms with Gasteiger partial charge in [-0.2, -0.15) is 0 Å². The molecule has 2 aromatic heterocycles. The molecule has 1 atom stereocenters. The third kappa shape index (κ3) is 3.86. The van der Waals surface area contributed by atoms with Gasteiger partial charge in [-0.05, 0) is 49.9 Å². The van der Waals surface area contributed by atoms with Gasteiger partial charge in [0.25, 0.3) is 5.91 Å². The predicted molar refractivity (Wildman–Crippen MR) is 90.8 cm³/mol. The molecule has 1 aliphatic heterocycles. The van der Waals surface area contributed by atoms with Crippen molar-refractivity contribution in [3.63, 3.8) is 0 Å². The van der Waals surface area contributed by atoms with E-state index in [1.165, 1.54) is 6.42 Å². The van der Waals surface area contributed by atoms with E-state index in [0.717, 1.165) is 30.9 Å². The zero-order chi connectivity index (χ0) is 16.2. The van der Waals surface area contributed by atoms with E-state index < -0.39 is 0 Å². The van der Waals surface area contributed by atoms with E-state index in [9.17, 15) is 4.79 Å². The molecule has 1 saturated heterocycles. The molecule has 1 fully saturated rings. The number of aryl methyl sites for hydroxylation is 1. The molecule has 0 aromatic carbocycles. The van der Waals surface area contributed by atoms with Crippen LogP contribution in [0.4, 0.5) is 11.5 Å². The summed E-state index contributed by atoms with van der Waals surface area (Å²) in [6.45, 7) is 5.83. The molecule has 0 saturated carbocycles. The van der Waals surface area contributed by atoms with E-state index in [1.54, 1.807) is 12.4 Å². The Kier molecular flexibility index (Phi) is 4.55. The summed E-state index contributed by atoms with van der Waals surface area (Å²) in [4.78, 5) is 23.0. The second-order valence-corrected chi connectivity index (χ2v) is 6.24. The second kappa shape index (κ2) is 6.77. The van der Waals surface area contributed by atoms with Gasteiger partial charge in [0, 0.05) is 25.0 Å². The molecule has 2 aromatic rings. The van der Waals surface area contributed by atoms with Crippen LogP contribution in [0.5, 0.6) is 0 Å². The summed E-state index contributed by atoms with van der Waals surface area (Å²) in [6, 6.07) is 7.56. The lowest BCUT2D eigenvalue weighted by atomic mass is 10.00. The number of nitrogens with one attached hydrogen (secondary N) is 1. The van der Waals surface area contributed by atoms with Crippen molar-refractivity contribution in [2.45, 2.75) is 26.7 Å². The molecular weight excluding hydrogens is 288 g/mol. The Hall–Kier alpha value is -2.43. The highest BCUT2D eigenvalue weighted by molar-refractivity contribution is 5.94. The van der Waals surface area contributed by atoms with Crippen LogP contribution in [0.2, 0.25) is 0 Å². The van der Waals surface area contributed by atoms with E-state index in [0.29, 0.717) is 17.3 Å². The van der Waals surface area contributed by atoms with Gasteiger partial charge >= 0.3 is 0 Å². The Balaban J connectivity index is 1.66. The highest BCUT2D eigenvalue weighted by Gasteiger charge is 2.22. The number of amides is 1. The molecule has 3 heterocycles. The van der Waals surface area contributed by atoms with Crippen LogP contribution in [0.1, 0.15) is 35.8 Å². The monoisotopic (exact) mass is 310 g/mol. The number of likely N-dealkylation sites (tertiary alicyclic amines) is 1. The van der Waals surface area contributed by atoms with Crippen LogP contribution in [0.25, 0.3) is 0 Å². The Morgan fingerprint density at radius 1 is 1.22 bits per heavy atom. The topological polar surface area (TPSA) is 58.1 Å². The molecule has 5 heteroatoms. The Bertz CT molecular complexity index is 666. The van der Waals surface area contributed by atoms with Crippen LogP contribution in [-0.4, -0.2) is 33.9 Å². The molecule has 0 bridgehead atoms. The van der Waals surface area contributed by atoms with Crippen molar-refractivity contribution in [2.24, 2.45) is 5.92 Å². The van der Waals surface area contributed by atoms with Crippen molar-refractivity contribution in [3.05, 3.63) is 47.9 Å². The molecule has 5 nitrogen and oxygen atoms in total. The number of aromatic nitrogens is 2. The number of carbonyl (C=O) groups excluding carboxylic acids is 1. The van der Waals surface area contributed by atoms with Gasteiger partial charge in [0.2, 0.25) is 0 Å². The Labute approximate surface area is 136 Å². The largest absolute Gasteiger partial charge is 0.339 e. The maximum Gasteiger partial charge on any atom is 0.255 e. The quantitative estimate of drug-likeness (QED) is 0.944. The maximum absolute atomic E-state index is 12.5. The van der Waals surface area contributed by atoms with Gasteiger partial charge in [-0.25, -0.2) is 4.98 Å². The third-order valence-electron chi connectivity index (χ3n) is 4.14. The number of carbonyl (C=O) groups is 1. The van der Waals surface area contributed by atoms with Gasteiger partial charge in [0.1, 0.15) is 5.82 Å². The number of piperidine rings is 1. The smallest absolute Gasteiger partial charge is 0.255 e. The Morgan fingerprint density at radius 3 is 2.74 bits per heavy atom. The minimum absolute atomic E-state index is 0.0765. The van der Waals surface area contributed by atoms with Gasteiger partial charge in [-0.1, -0.05) is 6.92 Å². The first-order valence-electron chi connectivity index (χ1n) is 8.07. The normalized spacial score (nSPS) is 17.8. The lowest BCUT2D eigenvalue weighted by molar-refractivity contribution is 0.0682. The van der Waals surface area contributed by atoms with Gasteiger partial charge in [0.15, 0.2) is 0 Å². The van der Waals surface area contributed by atoms with Crippen LogP contribution in [0, 0.1) is 12.8 Å². The molecule has 23 heavy (non-hydrogen) atoms. The number of hydrogen-bond acceptors (Lipinski definition) is 4. The lowest BCUT2D eigenvalue weighted by Gasteiger charge is -2.30. The molecule has 0 aliphatic carbocycles. The van der Waals surface area contributed by atoms with Gasteiger partial charge < -0.3 is 10.2 Å². The first-order chi connectivity index (χ1) is 11.1. The number of hydrogen-bond donors (Lipinski definition) is 1. The molecule has 0 radical (unpaired) electrons. The minimum Gasteiger partial charge on any atom is -0.339 e. The first-order valence-corrected chi connectivity index (χ1v) is 8.07. The SMILES string of the molecule is Cc1ccc(Nc2ccc(C(=O)N3CCCC(C)C3)cn2)cn1. The number of anilines is 2. The third-order valence-corrected chi connectivity index (χ3v) is 4.14. The van der Waals surface area contributed by atoms with Crippen molar-refractivity contribution >= 4 is 17.4 Å². The summed E-state index contributed by atoms with van der Waals surface area (Å²) >= 11 is 0. The fourth-order valence-electron chi connectivity index (χ4n) is 2.84. The van der Waals surface area contributed by atoms with Crippen LogP contribution < -0.4 is 5.32 Å². The average Bonchev–Trinajstić information content (AvgIpc) is 2.57. The van der Waals surface area contributed by atoms with E-state index in [4.69, 9.17) is 0 Å². The zero-order valence-corrected chi connectivity index (χ0v) is 13.6. The fraction of sp³-hybridized carbons (Fsp3) is 0.389. The molecule has 1 amide bonds. The summed E-state index contributed by atoms with van der Waals surface area (Å²) in [5.41, 5.74) is 2.50. The summed E-state index contributed by atoms with van der Waals surface area (Å²) in [5, 5.41) is 3.19. The molecule has 0 spiro atoms. The molecule has 1 aliphatic rings. The molecule has 1 unspecified atom stereocenters. The van der Waals surface area contributed by atoms with Gasteiger partial charge in [-0.3, -0.25) is 9.78 Å². The maximum atomic E-state index is 12.5. The highest BCUT2D eigenvalue weighted by atomic mass is 16.2. The summed E-state index contributed by atoms with van der Waals surface area (Å²) < 4.78 is 0. The fourth-order valence-corrected chi connectivity index (χ4v) is 2.84. The highest BCUT2D eigenvalue weighted by Crippen LogP contribution is 2.19. The molecule has 120 valence electrons. The van der Waals surface area contributed by atoms with Crippen LogP contribution in [-0.2, 0) is 0 Å². The van der Waals surface area contributed by atoms with E-state index in [1.807, 2.05) is 36.1 Å². The second-order valence-electron chi connectivity index (χ2n) is 6.24. The zero-order valence-electron chi connectivity index (χ0n) is 13.6. The molecule has 3 rings (SSSR count). The first kappa shape index (κ1) is 15.5. The van der Waals surface area contributed by atoms with Crippen molar-refractivity contribution < 1.29 is 4.79 Å². The minimum atomic E-state index is 0.0765. The van der Waals surface area contributed by atoms with Crippen LogP contribution >= 0.6 is 0 Å². The van der Waals surface area contributed by atoms with Crippen molar-refractivity contribution in [1.29, 1.82) is 0 Å². The number of rotatable bonds is 3. The Morgan fingerprint density at radius 2 is 2.09 bits per heavy atom. The van der Waals surface area contributed by atoms with E-state index >= 15 is 0 Å². The number of nitrogens with zero attached hydrogens (tertiary/aromatic N) is 3. The summed E-state index contributed by atoms with van der Waals surface area (Å²) in [6.07, 6.45) is 5.70. The van der Waals surface area contributed by atoms with Gasteiger partial charge in [0.05, 0.1) is 17.4 Å². The lowest BCUT2D eigenvalue weighted by Crippen LogP contribution is -2.39. The van der Waals surface area contributed by atoms with Gasteiger partial charge in [-0.15, -0.1) is 0 Å². The van der Waals surface area contributed by atoms with E-state index in [-0.39, 0.29) is 5.91 Å². The standard InChI is InChI=1S/C18H22N4O/c1-13-4-3-9-22(12-13)18(23)15-6-8-17(20-10-15)21-16-7-5-14(2)19-11-16/h5-8,10-11,13H,3-4,9,12H2,1-2H3,(H,20,21). The van der Waals surface area contributed by atoms with Crippen LogP contribution in [0.15, 0.2) is 36.7 Å². The average molecular weight is 310 g/mol.